The predicted octanol–water partition coefficient (Wildman–Crippen LogP) is -0.0894. The molecule has 0 fully saturated rings. The van der Waals surface area contributed by atoms with E-state index < -0.39 is 5.41 Å². The molecule has 114 valence electrons. The number of nitrogens with zero attached hydrogens (tertiary/aromatic N) is 1. The number of rotatable bonds is 13. The fourth-order valence-electron chi connectivity index (χ4n) is 1.46. The number of hydrogen-bond acceptors (Lipinski definition) is 6. The molecule has 3 N–H and O–H groups in total. The number of aliphatic hydroxyl groups excluding tert-OH is 1. The summed E-state index contributed by atoms with van der Waals surface area (Å²) in [5.41, 5.74) is 4.72. The summed E-state index contributed by atoms with van der Waals surface area (Å²) in [7, 11) is 0. The van der Waals surface area contributed by atoms with Crippen molar-refractivity contribution >= 4 is 0 Å². The van der Waals surface area contributed by atoms with Gasteiger partial charge in [-0.1, -0.05) is 0 Å². The summed E-state index contributed by atoms with van der Waals surface area (Å²) in [5.74, 6) is 2.48. The molecular weight excluding hydrogens is 260 g/mol. The highest BCUT2D eigenvalue weighted by Crippen LogP contribution is 2.19. The molecule has 0 bridgehead atoms. The van der Waals surface area contributed by atoms with Crippen LogP contribution in [0.3, 0.4) is 0 Å². The Labute approximate surface area is 120 Å². The van der Waals surface area contributed by atoms with Gasteiger partial charge < -0.3 is 25.1 Å². The van der Waals surface area contributed by atoms with E-state index in [2.05, 4.69) is 5.92 Å². The normalized spacial score (nSPS) is 13.4. The van der Waals surface area contributed by atoms with Gasteiger partial charge in [0, 0.05) is 13.0 Å². The second-order valence-electron chi connectivity index (χ2n) is 4.47. The van der Waals surface area contributed by atoms with Gasteiger partial charge in [-0.3, -0.25) is 0 Å². The lowest BCUT2D eigenvalue weighted by molar-refractivity contribution is -0.0905. The molecule has 0 aromatic heterocycles. The first kappa shape index (κ1) is 18.9. The number of nitrogens with two attached hydrogens (primary N) is 1. The van der Waals surface area contributed by atoms with Gasteiger partial charge in [0.2, 0.25) is 0 Å². The van der Waals surface area contributed by atoms with Gasteiger partial charge in [-0.05, 0) is 0 Å². The molecule has 0 saturated carbocycles. The second-order valence-corrected chi connectivity index (χ2v) is 4.47. The summed E-state index contributed by atoms with van der Waals surface area (Å²) in [4.78, 5) is 0. The molecule has 0 saturated heterocycles. The molecule has 1 atom stereocenters. The molecule has 1 unspecified atom stereocenters. The molecule has 0 aliphatic rings. The molecule has 0 spiro atoms. The Morgan fingerprint density at radius 1 is 1.05 bits per heavy atom. The second kappa shape index (κ2) is 12.9. The molecule has 0 radical (unpaired) electrons. The van der Waals surface area contributed by atoms with Crippen LogP contribution in [0.2, 0.25) is 0 Å². The average Bonchev–Trinajstić information content (AvgIpc) is 2.47. The molecular formula is C14H24N2O4. The first-order chi connectivity index (χ1) is 9.74. The molecule has 20 heavy (non-hydrogen) atoms. The lowest BCUT2D eigenvalue weighted by atomic mass is 9.92. The van der Waals surface area contributed by atoms with E-state index in [1.54, 1.807) is 0 Å². The Morgan fingerprint density at radius 2 is 1.60 bits per heavy atom. The third-order valence-electron chi connectivity index (χ3n) is 2.57. The van der Waals surface area contributed by atoms with E-state index in [0.29, 0.717) is 39.2 Å². The minimum absolute atomic E-state index is 0.139. The van der Waals surface area contributed by atoms with Crippen molar-refractivity contribution in [3.8, 4) is 18.4 Å². The van der Waals surface area contributed by atoms with E-state index in [4.69, 9.17) is 31.6 Å². The maximum absolute atomic E-state index is 9.61. The maximum atomic E-state index is 9.61. The minimum Gasteiger partial charge on any atom is -0.396 e. The average molecular weight is 284 g/mol. The monoisotopic (exact) mass is 284 g/mol. The van der Waals surface area contributed by atoms with Crippen LogP contribution in [0.1, 0.15) is 12.8 Å². The quantitative estimate of drug-likeness (QED) is 0.362. The molecule has 0 rings (SSSR count). The summed E-state index contributed by atoms with van der Waals surface area (Å²) in [6, 6.07) is 2.00. The van der Waals surface area contributed by atoms with E-state index in [9.17, 15) is 5.11 Å². The van der Waals surface area contributed by atoms with E-state index in [-0.39, 0.29) is 26.4 Å². The fourth-order valence-corrected chi connectivity index (χ4v) is 1.46. The molecule has 6 heteroatoms. The zero-order valence-corrected chi connectivity index (χ0v) is 11.8. The van der Waals surface area contributed by atoms with Crippen molar-refractivity contribution in [3.63, 3.8) is 0 Å². The number of ether oxygens (including phenoxy) is 3. The van der Waals surface area contributed by atoms with Crippen molar-refractivity contribution in [1.82, 2.24) is 0 Å². The number of hydrogen-bond donors (Lipinski definition) is 2. The zero-order valence-electron chi connectivity index (χ0n) is 11.8. The van der Waals surface area contributed by atoms with Gasteiger partial charge in [0.1, 0.15) is 0 Å². The van der Waals surface area contributed by atoms with E-state index in [1.807, 2.05) is 6.07 Å². The standard InChI is InChI=1S/C14H24N2O4/c1-2-3-7-18-11-14(10-17,13-20-9-6-16)12-19-8-4-5-15/h1,17H,3-4,6-13,16H2. The van der Waals surface area contributed by atoms with Gasteiger partial charge >= 0.3 is 0 Å². The highest BCUT2D eigenvalue weighted by molar-refractivity contribution is 4.84. The topological polar surface area (TPSA) is 97.7 Å². The Balaban J connectivity index is 4.29. The maximum Gasteiger partial charge on any atom is 0.0645 e. The van der Waals surface area contributed by atoms with Crippen LogP contribution in [0.5, 0.6) is 0 Å². The SMILES string of the molecule is C#CCCOCC(CO)(COCCN)COCCC#N. The third kappa shape index (κ3) is 8.87. The molecule has 6 nitrogen and oxygen atoms in total. The van der Waals surface area contributed by atoms with Crippen LogP contribution >= 0.6 is 0 Å². The Kier molecular flexibility index (Phi) is 12.1. The summed E-state index contributed by atoms with van der Waals surface area (Å²) in [6.45, 7) is 2.24. The van der Waals surface area contributed by atoms with Crippen molar-refractivity contribution in [2.24, 2.45) is 11.1 Å². The summed E-state index contributed by atoms with van der Waals surface area (Å²) < 4.78 is 16.3. The number of aliphatic hydroxyl groups is 1. The molecule has 0 aliphatic heterocycles. The van der Waals surface area contributed by atoms with Crippen molar-refractivity contribution in [2.45, 2.75) is 12.8 Å². The predicted molar refractivity (Wildman–Crippen MR) is 74.7 cm³/mol. The molecule has 0 aromatic rings. The Bertz CT molecular complexity index is 287. The van der Waals surface area contributed by atoms with Crippen molar-refractivity contribution in [3.05, 3.63) is 0 Å². The minimum atomic E-state index is -0.654. The summed E-state index contributed by atoms with van der Waals surface area (Å²) >= 11 is 0. The first-order valence-corrected chi connectivity index (χ1v) is 6.59. The highest BCUT2D eigenvalue weighted by Gasteiger charge is 2.31. The molecule has 0 aliphatic carbocycles. The van der Waals surface area contributed by atoms with Crippen LogP contribution in [-0.2, 0) is 14.2 Å². The van der Waals surface area contributed by atoms with E-state index >= 15 is 0 Å². The van der Waals surface area contributed by atoms with Gasteiger partial charge in [0.15, 0.2) is 0 Å². The number of terminal acetylenes is 1. The Hall–Kier alpha value is -1.15. The molecule has 0 heterocycles. The van der Waals surface area contributed by atoms with Crippen LogP contribution in [0.4, 0.5) is 0 Å². The van der Waals surface area contributed by atoms with Gasteiger partial charge in [-0.2, -0.15) is 5.26 Å². The smallest absolute Gasteiger partial charge is 0.0645 e. The van der Waals surface area contributed by atoms with Crippen molar-refractivity contribution in [2.75, 3.05) is 52.8 Å². The van der Waals surface area contributed by atoms with Crippen molar-refractivity contribution in [1.29, 1.82) is 5.26 Å². The molecule has 0 aromatic carbocycles. The summed E-state index contributed by atoms with van der Waals surface area (Å²) in [6.07, 6.45) is 5.97. The fraction of sp³-hybridized carbons (Fsp3) is 0.786. The van der Waals surface area contributed by atoms with Gasteiger partial charge in [-0.25, -0.2) is 0 Å². The zero-order chi connectivity index (χ0) is 15.1. The van der Waals surface area contributed by atoms with Gasteiger partial charge in [0.25, 0.3) is 0 Å². The van der Waals surface area contributed by atoms with Crippen molar-refractivity contribution < 1.29 is 19.3 Å². The van der Waals surface area contributed by atoms with Crippen LogP contribution in [0.15, 0.2) is 0 Å². The lowest BCUT2D eigenvalue weighted by Gasteiger charge is -2.31. The van der Waals surface area contributed by atoms with Gasteiger partial charge in [0.05, 0.1) is 64.2 Å². The van der Waals surface area contributed by atoms with E-state index in [0.717, 1.165) is 0 Å². The van der Waals surface area contributed by atoms with Crippen LogP contribution in [0.25, 0.3) is 0 Å². The summed E-state index contributed by atoms with van der Waals surface area (Å²) in [5, 5.41) is 18.1. The number of nitriles is 1. The van der Waals surface area contributed by atoms with Crippen LogP contribution in [0, 0.1) is 29.1 Å². The molecule has 0 amide bonds. The lowest BCUT2D eigenvalue weighted by Crippen LogP contribution is -2.41. The van der Waals surface area contributed by atoms with E-state index in [1.165, 1.54) is 0 Å². The Morgan fingerprint density at radius 3 is 2.05 bits per heavy atom. The van der Waals surface area contributed by atoms with Crippen LogP contribution in [-0.4, -0.2) is 57.9 Å². The highest BCUT2D eigenvalue weighted by atomic mass is 16.5. The first-order valence-electron chi connectivity index (χ1n) is 6.59. The third-order valence-corrected chi connectivity index (χ3v) is 2.57. The van der Waals surface area contributed by atoms with Crippen LogP contribution < -0.4 is 5.73 Å². The van der Waals surface area contributed by atoms with Gasteiger partial charge in [-0.15, -0.1) is 12.3 Å². The largest absolute Gasteiger partial charge is 0.396 e.